The Morgan fingerprint density at radius 3 is 2.56 bits per heavy atom. The highest BCUT2D eigenvalue weighted by Crippen LogP contribution is 2.23. The van der Waals surface area contributed by atoms with Crippen molar-refractivity contribution in [2.75, 3.05) is 18.0 Å². The molecule has 1 aromatic carbocycles. The van der Waals surface area contributed by atoms with Gasteiger partial charge in [-0.25, -0.2) is 5.90 Å². The number of nitrogens with two attached hydrogens (primary N) is 1. The Kier molecular flexibility index (Phi) is 3.46. The Balaban J connectivity index is 2.16. The highest BCUT2D eigenvalue weighted by Gasteiger charge is 2.20. The van der Waals surface area contributed by atoms with Gasteiger partial charge in [0.1, 0.15) is 0 Å². The van der Waals surface area contributed by atoms with Gasteiger partial charge in [-0.3, -0.25) is 4.84 Å². The molecule has 1 saturated heterocycles. The van der Waals surface area contributed by atoms with Gasteiger partial charge < -0.3 is 4.90 Å². The molecule has 1 unspecified atom stereocenters. The van der Waals surface area contributed by atoms with E-state index in [0.29, 0.717) is 0 Å². The number of nitrogens with zero attached hydrogens (tertiary/aromatic N) is 1. The van der Waals surface area contributed by atoms with E-state index in [9.17, 15) is 0 Å². The molecule has 0 spiro atoms. The molecule has 0 bridgehead atoms. The molecule has 1 fully saturated rings. The molecule has 16 heavy (non-hydrogen) atoms. The largest absolute Gasteiger partial charge is 0.369 e. The van der Waals surface area contributed by atoms with Crippen molar-refractivity contribution < 1.29 is 4.84 Å². The van der Waals surface area contributed by atoms with Crippen LogP contribution in [0.25, 0.3) is 0 Å². The zero-order chi connectivity index (χ0) is 11.5. The lowest BCUT2D eigenvalue weighted by Gasteiger charge is -2.33. The fraction of sp³-hybridized carbons (Fsp3) is 0.538. The van der Waals surface area contributed by atoms with Gasteiger partial charge in [0.05, 0.1) is 6.10 Å². The van der Waals surface area contributed by atoms with Crippen LogP contribution in [0, 0.1) is 13.8 Å². The molecule has 2 rings (SSSR count). The van der Waals surface area contributed by atoms with Crippen LogP contribution in [0.4, 0.5) is 5.69 Å². The van der Waals surface area contributed by atoms with Crippen molar-refractivity contribution in [2.24, 2.45) is 5.90 Å². The fourth-order valence-electron chi connectivity index (χ4n) is 2.42. The average Bonchev–Trinajstić information content (AvgIpc) is 2.28. The number of hydrogen-bond acceptors (Lipinski definition) is 3. The van der Waals surface area contributed by atoms with Crippen LogP contribution in [0.1, 0.15) is 24.0 Å². The van der Waals surface area contributed by atoms with Gasteiger partial charge in [0.15, 0.2) is 0 Å². The number of aryl methyl sites for hydroxylation is 2. The molecule has 1 atom stereocenters. The molecular formula is C13H20N2O. The summed E-state index contributed by atoms with van der Waals surface area (Å²) in [5.41, 5.74) is 3.91. The SMILES string of the molecule is Cc1cc(C)cc(N2CCCC(ON)C2)c1. The van der Waals surface area contributed by atoms with Gasteiger partial charge in [-0.2, -0.15) is 0 Å². The van der Waals surface area contributed by atoms with Crippen molar-refractivity contribution in [1.29, 1.82) is 0 Å². The summed E-state index contributed by atoms with van der Waals surface area (Å²) in [5, 5.41) is 0. The summed E-state index contributed by atoms with van der Waals surface area (Å²) < 4.78 is 0. The first-order valence-electron chi connectivity index (χ1n) is 5.88. The first-order chi connectivity index (χ1) is 7.69. The van der Waals surface area contributed by atoms with Crippen LogP contribution >= 0.6 is 0 Å². The molecule has 3 nitrogen and oxygen atoms in total. The Morgan fingerprint density at radius 2 is 1.94 bits per heavy atom. The third kappa shape index (κ3) is 2.54. The Bertz CT molecular complexity index is 345. The van der Waals surface area contributed by atoms with E-state index in [1.54, 1.807) is 0 Å². The number of anilines is 1. The highest BCUT2D eigenvalue weighted by atomic mass is 16.6. The fourth-order valence-corrected chi connectivity index (χ4v) is 2.42. The van der Waals surface area contributed by atoms with E-state index >= 15 is 0 Å². The van der Waals surface area contributed by atoms with Gasteiger partial charge in [-0.05, 0) is 49.9 Å². The molecule has 1 aromatic rings. The van der Waals surface area contributed by atoms with E-state index in [2.05, 4.69) is 36.9 Å². The molecule has 1 aliphatic heterocycles. The number of rotatable bonds is 2. The summed E-state index contributed by atoms with van der Waals surface area (Å²) in [6.07, 6.45) is 2.39. The Morgan fingerprint density at radius 1 is 1.25 bits per heavy atom. The molecule has 1 aliphatic rings. The van der Waals surface area contributed by atoms with E-state index in [1.165, 1.54) is 16.8 Å². The molecule has 3 heteroatoms. The lowest BCUT2D eigenvalue weighted by molar-refractivity contribution is 0.0435. The lowest BCUT2D eigenvalue weighted by atomic mass is 10.1. The van der Waals surface area contributed by atoms with E-state index < -0.39 is 0 Å². The smallest absolute Gasteiger partial charge is 0.0962 e. The Labute approximate surface area is 97.1 Å². The van der Waals surface area contributed by atoms with Crippen molar-refractivity contribution in [2.45, 2.75) is 32.8 Å². The van der Waals surface area contributed by atoms with Crippen molar-refractivity contribution in [3.63, 3.8) is 0 Å². The normalized spacial score (nSPS) is 21.2. The molecule has 0 saturated carbocycles. The minimum Gasteiger partial charge on any atom is -0.369 e. The molecule has 88 valence electrons. The van der Waals surface area contributed by atoms with Crippen molar-refractivity contribution in [3.05, 3.63) is 29.3 Å². The molecule has 2 N–H and O–H groups in total. The van der Waals surface area contributed by atoms with E-state index in [1.807, 2.05) is 0 Å². The monoisotopic (exact) mass is 220 g/mol. The number of hydrogen-bond donors (Lipinski definition) is 1. The average molecular weight is 220 g/mol. The van der Waals surface area contributed by atoms with Crippen molar-refractivity contribution in [1.82, 2.24) is 0 Å². The Hall–Kier alpha value is -1.06. The van der Waals surface area contributed by atoms with Crippen LogP contribution in [-0.2, 0) is 4.84 Å². The van der Waals surface area contributed by atoms with Gasteiger partial charge in [0.2, 0.25) is 0 Å². The summed E-state index contributed by atoms with van der Waals surface area (Å²) in [4.78, 5) is 7.32. The minimum atomic E-state index is 0.176. The third-order valence-electron chi connectivity index (χ3n) is 3.14. The van der Waals surface area contributed by atoms with Gasteiger partial charge in [0, 0.05) is 18.8 Å². The first-order valence-corrected chi connectivity index (χ1v) is 5.88. The molecule has 0 amide bonds. The van der Waals surface area contributed by atoms with Crippen molar-refractivity contribution in [3.8, 4) is 0 Å². The second-order valence-electron chi connectivity index (χ2n) is 4.69. The van der Waals surface area contributed by atoms with E-state index in [4.69, 9.17) is 10.7 Å². The van der Waals surface area contributed by atoms with E-state index in [0.717, 1.165) is 25.9 Å². The van der Waals surface area contributed by atoms with Gasteiger partial charge in [0.25, 0.3) is 0 Å². The predicted octanol–water partition coefficient (Wildman–Crippen LogP) is 2.16. The second-order valence-corrected chi connectivity index (χ2v) is 4.69. The summed E-state index contributed by atoms with van der Waals surface area (Å²) in [5.74, 6) is 5.28. The maximum absolute atomic E-state index is 5.28. The van der Waals surface area contributed by atoms with Gasteiger partial charge in [-0.1, -0.05) is 6.07 Å². The summed E-state index contributed by atoms with van der Waals surface area (Å²) in [7, 11) is 0. The van der Waals surface area contributed by atoms with E-state index in [-0.39, 0.29) is 6.10 Å². The molecular weight excluding hydrogens is 200 g/mol. The third-order valence-corrected chi connectivity index (χ3v) is 3.14. The molecule has 0 aliphatic carbocycles. The lowest BCUT2D eigenvalue weighted by Crippen LogP contribution is -2.40. The standard InChI is InChI=1S/C13H20N2O/c1-10-6-11(2)8-12(7-10)15-5-3-4-13(9-15)16-14/h6-8,13H,3-5,9,14H2,1-2H3. The second kappa shape index (κ2) is 4.85. The zero-order valence-electron chi connectivity index (χ0n) is 10.1. The summed E-state index contributed by atoms with van der Waals surface area (Å²) >= 11 is 0. The minimum absolute atomic E-state index is 0.176. The van der Waals surface area contributed by atoms with Crippen LogP contribution in [0.15, 0.2) is 18.2 Å². The topological polar surface area (TPSA) is 38.5 Å². The van der Waals surface area contributed by atoms with Gasteiger partial charge >= 0.3 is 0 Å². The van der Waals surface area contributed by atoms with Gasteiger partial charge in [-0.15, -0.1) is 0 Å². The highest BCUT2D eigenvalue weighted by molar-refractivity contribution is 5.51. The van der Waals surface area contributed by atoms with Crippen LogP contribution in [0.2, 0.25) is 0 Å². The summed E-state index contributed by atoms with van der Waals surface area (Å²) in [6, 6.07) is 6.65. The predicted molar refractivity (Wildman–Crippen MR) is 66.4 cm³/mol. The quantitative estimate of drug-likeness (QED) is 0.776. The zero-order valence-corrected chi connectivity index (χ0v) is 10.1. The maximum Gasteiger partial charge on any atom is 0.0962 e. The summed E-state index contributed by atoms with van der Waals surface area (Å²) in [6.45, 7) is 6.27. The maximum atomic E-state index is 5.28. The van der Waals surface area contributed by atoms with Crippen LogP contribution in [0.3, 0.4) is 0 Å². The van der Waals surface area contributed by atoms with Crippen LogP contribution < -0.4 is 10.8 Å². The van der Waals surface area contributed by atoms with Crippen molar-refractivity contribution >= 4 is 5.69 Å². The molecule has 0 radical (unpaired) electrons. The number of benzene rings is 1. The molecule has 0 aromatic heterocycles. The number of piperidine rings is 1. The first kappa shape index (κ1) is 11.4. The molecule has 1 heterocycles. The van der Waals surface area contributed by atoms with Crippen LogP contribution in [0.5, 0.6) is 0 Å². The van der Waals surface area contributed by atoms with Crippen LogP contribution in [-0.4, -0.2) is 19.2 Å².